The van der Waals surface area contributed by atoms with Crippen molar-refractivity contribution in [2.75, 3.05) is 0 Å². The van der Waals surface area contributed by atoms with Gasteiger partial charge in [-0.25, -0.2) is 4.79 Å². The Balaban J connectivity index is 2.81. The fraction of sp³-hybridized carbons (Fsp3) is 0.571. The van der Waals surface area contributed by atoms with E-state index in [0.717, 1.165) is 0 Å². The van der Waals surface area contributed by atoms with Crippen LogP contribution in [0.3, 0.4) is 0 Å². The standard InChI is InChI=1S/C7H11N3O3/c1-7(2,3)4-9-6(10-13-4)12-5(8)11/h1-3H3,(H2,8,11). The van der Waals surface area contributed by atoms with Crippen LogP contribution in [0.25, 0.3) is 0 Å². The summed E-state index contributed by atoms with van der Waals surface area (Å²) in [5, 5.41) is 3.41. The van der Waals surface area contributed by atoms with Crippen LogP contribution in [0.5, 0.6) is 6.01 Å². The Kier molecular flexibility index (Phi) is 2.22. The minimum absolute atomic E-state index is 0.155. The molecule has 1 heterocycles. The van der Waals surface area contributed by atoms with E-state index in [1.54, 1.807) is 0 Å². The molecular formula is C7H11N3O3. The fourth-order valence-electron chi connectivity index (χ4n) is 0.646. The molecule has 0 saturated heterocycles. The number of amides is 1. The normalized spacial score (nSPS) is 11.3. The zero-order chi connectivity index (χ0) is 10.1. The molecule has 72 valence electrons. The maximum absolute atomic E-state index is 10.3. The van der Waals surface area contributed by atoms with Gasteiger partial charge in [-0.2, -0.15) is 4.98 Å². The van der Waals surface area contributed by atoms with Gasteiger partial charge in [0.15, 0.2) is 0 Å². The molecule has 0 bridgehead atoms. The van der Waals surface area contributed by atoms with E-state index in [1.165, 1.54) is 0 Å². The van der Waals surface area contributed by atoms with E-state index in [2.05, 4.69) is 14.9 Å². The van der Waals surface area contributed by atoms with Crippen molar-refractivity contribution in [3.63, 3.8) is 0 Å². The van der Waals surface area contributed by atoms with E-state index in [4.69, 9.17) is 10.3 Å². The number of hydrogen-bond acceptors (Lipinski definition) is 5. The fourth-order valence-corrected chi connectivity index (χ4v) is 0.646. The number of hydrogen-bond donors (Lipinski definition) is 1. The van der Waals surface area contributed by atoms with Crippen LogP contribution in [0.1, 0.15) is 26.7 Å². The van der Waals surface area contributed by atoms with Gasteiger partial charge in [-0.15, -0.1) is 0 Å². The highest BCUT2D eigenvalue weighted by molar-refractivity contribution is 5.66. The summed E-state index contributed by atoms with van der Waals surface area (Å²) in [5.41, 5.74) is 4.49. The lowest BCUT2D eigenvalue weighted by atomic mass is 9.97. The summed E-state index contributed by atoms with van der Waals surface area (Å²) in [7, 11) is 0. The zero-order valence-electron chi connectivity index (χ0n) is 7.70. The summed E-state index contributed by atoms with van der Waals surface area (Å²) in [6.45, 7) is 5.69. The topological polar surface area (TPSA) is 91.2 Å². The van der Waals surface area contributed by atoms with Crippen molar-refractivity contribution in [3.8, 4) is 6.01 Å². The number of nitrogens with two attached hydrogens (primary N) is 1. The van der Waals surface area contributed by atoms with Gasteiger partial charge in [-0.3, -0.25) is 0 Å². The third-order valence-corrected chi connectivity index (χ3v) is 1.24. The number of aromatic nitrogens is 2. The molecule has 1 aromatic heterocycles. The van der Waals surface area contributed by atoms with Crippen LogP contribution in [0.15, 0.2) is 4.52 Å². The van der Waals surface area contributed by atoms with Gasteiger partial charge in [0, 0.05) is 5.41 Å². The van der Waals surface area contributed by atoms with Crippen molar-refractivity contribution < 1.29 is 14.1 Å². The molecule has 0 saturated carbocycles. The molecule has 0 unspecified atom stereocenters. The van der Waals surface area contributed by atoms with Gasteiger partial charge >= 0.3 is 12.1 Å². The number of nitrogens with zero attached hydrogens (tertiary/aromatic N) is 2. The molecule has 0 aliphatic carbocycles. The van der Waals surface area contributed by atoms with Gasteiger partial charge in [0.2, 0.25) is 5.89 Å². The Morgan fingerprint density at radius 3 is 2.54 bits per heavy atom. The van der Waals surface area contributed by atoms with Gasteiger partial charge in [0.25, 0.3) is 0 Å². The molecule has 0 spiro atoms. The van der Waals surface area contributed by atoms with Gasteiger partial charge in [0.1, 0.15) is 0 Å². The van der Waals surface area contributed by atoms with Crippen molar-refractivity contribution in [1.29, 1.82) is 0 Å². The highest BCUT2D eigenvalue weighted by Crippen LogP contribution is 2.21. The Labute approximate surface area is 75.1 Å². The predicted octanol–water partition coefficient (Wildman–Crippen LogP) is 0.825. The minimum Gasteiger partial charge on any atom is -0.372 e. The van der Waals surface area contributed by atoms with Crippen molar-refractivity contribution in [2.24, 2.45) is 5.73 Å². The van der Waals surface area contributed by atoms with E-state index >= 15 is 0 Å². The molecule has 1 amide bonds. The van der Waals surface area contributed by atoms with Crippen molar-refractivity contribution >= 4 is 6.09 Å². The van der Waals surface area contributed by atoms with E-state index in [-0.39, 0.29) is 11.4 Å². The van der Waals surface area contributed by atoms with Crippen LogP contribution in [0.4, 0.5) is 4.79 Å². The molecule has 0 atom stereocenters. The first-order valence-electron chi connectivity index (χ1n) is 3.71. The molecule has 0 aliphatic heterocycles. The van der Waals surface area contributed by atoms with E-state index in [0.29, 0.717) is 5.89 Å². The maximum Gasteiger partial charge on any atom is 0.412 e. The first-order valence-corrected chi connectivity index (χ1v) is 3.71. The Bertz CT molecular complexity index is 313. The Morgan fingerprint density at radius 2 is 2.15 bits per heavy atom. The van der Waals surface area contributed by atoms with Crippen LogP contribution in [0, 0.1) is 0 Å². The summed E-state index contributed by atoms with van der Waals surface area (Å²) in [6, 6.07) is -0.155. The average Bonchev–Trinajstić information content (AvgIpc) is 2.32. The minimum atomic E-state index is -0.957. The summed E-state index contributed by atoms with van der Waals surface area (Å²) in [4.78, 5) is 14.1. The molecule has 0 radical (unpaired) electrons. The summed E-state index contributed by atoms with van der Waals surface area (Å²) >= 11 is 0. The lowest BCUT2D eigenvalue weighted by Gasteiger charge is -2.09. The van der Waals surface area contributed by atoms with Crippen LogP contribution in [0.2, 0.25) is 0 Å². The zero-order valence-corrected chi connectivity index (χ0v) is 7.70. The SMILES string of the molecule is CC(C)(C)c1nc(OC(N)=O)no1. The van der Waals surface area contributed by atoms with Gasteiger partial charge in [0.05, 0.1) is 0 Å². The number of primary amides is 1. The highest BCUT2D eigenvalue weighted by Gasteiger charge is 2.22. The summed E-state index contributed by atoms with van der Waals surface area (Å²) in [5.74, 6) is 0.392. The molecule has 0 aliphatic rings. The molecule has 6 heteroatoms. The molecule has 13 heavy (non-hydrogen) atoms. The van der Waals surface area contributed by atoms with Crippen LogP contribution in [-0.2, 0) is 5.41 Å². The smallest absolute Gasteiger partial charge is 0.372 e. The monoisotopic (exact) mass is 185 g/mol. The quantitative estimate of drug-likeness (QED) is 0.699. The van der Waals surface area contributed by atoms with Gasteiger partial charge in [-0.1, -0.05) is 20.8 Å². The molecule has 0 aromatic carbocycles. The number of carbonyl (C=O) groups is 1. The van der Waals surface area contributed by atoms with E-state index in [9.17, 15) is 4.79 Å². The summed E-state index contributed by atoms with van der Waals surface area (Å²) in [6.07, 6.45) is -0.957. The van der Waals surface area contributed by atoms with Crippen molar-refractivity contribution in [1.82, 2.24) is 10.1 Å². The second-order valence-electron chi connectivity index (χ2n) is 3.55. The van der Waals surface area contributed by atoms with Gasteiger partial charge in [-0.05, 0) is 5.16 Å². The molecule has 0 fully saturated rings. The third kappa shape index (κ3) is 2.43. The summed E-state index contributed by atoms with van der Waals surface area (Å²) < 4.78 is 9.25. The highest BCUT2D eigenvalue weighted by atomic mass is 16.6. The first kappa shape index (κ1) is 9.50. The maximum atomic E-state index is 10.3. The van der Waals surface area contributed by atoms with Crippen LogP contribution in [-0.4, -0.2) is 16.2 Å². The van der Waals surface area contributed by atoms with Crippen LogP contribution < -0.4 is 10.5 Å². The Morgan fingerprint density at radius 1 is 1.54 bits per heavy atom. The molecule has 6 nitrogen and oxygen atoms in total. The van der Waals surface area contributed by atoms with E-state index < -0.39 is 6.09 Å². The lowest BCUT2D eigenvalue weighted by Crippen LogP contribution is -2.17. The first-order chi connectivity index (χ1) is 5.89. The van der Waals surface area contributed by atoms with Crippen molar-refractivity contribution in [2.45, 2.75) is 26.2 Å². The number of ether oxygens (including phenoxy) is 1. The lowest BCUT2D eigenvalue weighted by molar-refractivity contribution is 0.204. The number of carbonyl (C=O) groups excluding carboxylic acids is 1. The largest absolute Gasteiger partial charge is 0.412 e. The van der Waals surface area contributed by atoms with Gasteiger partial charge < -0.3 is 15.0 Å². The average molecular weight is 185 g/mol. The van der Waals surface area contributed by atoms with E-state index in [1.807, 2.05) is 20.8 Å². The van der Waals surface area contributed by atoms with Crippen LogP contribution >= 0.6 is 0 Å². The van der Waals surface area contributed by atoms with Crippen molar-refractivity contribution in [3.05, 3.63) is 5.89 Å². The Hall–Kier alpha value is -1.59. The molecule has 1 rings (SSSR count). The number of rotatable bonds is 1. The molecule has 1 aromatic rings. The second kappa shape index (κ2) is 3.04. The third-order valence-electron chi connectivity index (χ3n) is 1.24. The molecule has 2 N–H and O–H groups in total. The molecular weight excluding hydrogens is 174 g/mol. The second-order valence-corrected chi connectivity index (χ2v) is 3.55. The predicted molar refractivity (Wildman–Crippen MR) is 43.2 cm³/mol.